The van der Waals surface area contributed by atoms with Gasteiger partial charge in [0.05, 0.1) is 15.6 Å². The first-order chi connectivity index (χ1) is 11.9. The number of nitro benzene ring substituents is 1. The van der Waals surface area contributed by atoms with Gasteiger partial charge < -0.3 is 15.2 Å². The molecular weight excluding hydrogens is 370 g/mol. The van der Waals surface area contributed by atoms with E-state index in [0.717, 1.165) is 18.2 Å². The number of carbonyl (C=O) groups excluding carboxylic acids is 1. The number of nitrogens with one attached hydrogen (secondary N) is 2. The summed E-state index contributed by atoms with van der Waals surface area (Å²) in [5.74, 6) is -0.480. The van der Waals surface area contributed by atoms with Crippen molar-refractivity contribution in [3.05, 3.63) is 57.6 Å². The number of ether oxygens (including phenoxy) is 1. The molecule has 0 fully saturated rings. The fourth-order valence-electron chi connectivity index (χ4n) is 1.76. The highest BCUT2D eigenvalue weighted by Crippen LogP contribution is 2.27. The first-order valence-corrected chi connectivity index (χ1v) is 7.61. The van der Waals surface area contributed by atoms with E-state index in [1.165, 1.54) is 0 Å². The first-order valence-electron chi connectivity index (χ1n) is 6.82. The van der Waals surface area contributed by atoms with Gasteiger partial charge in [0.2, 0.25) is 0 Å². The van der Waals surface area contributed by atoms with E-state index in [1.807, 2.05) is 0 Å². The van der Waals surface area contributed by atoms with E-state index >= 15 is 0 Å². The maximum absolute atomic E-state index is 11.8. The summed E-state index contributed by atoms with van der Waals surface area (Å²) in [6.45, 7) is -0.341. The van der Waals surface area contributed by atoms with Gasteiger partial charge in [-0.2, -0.15) is 0 Å². The molecule has 25 heavy (non-hydrogen) atoms. The zero-order valence-corrected chi connectivity index (χ0v) is 14.1. The second-order valence-corrected chi connectivity index (χ2v) is 5.50. The Hall–Kier alpha value is -2.91. The Bertz CT molecular complexity index is 831. The lowest BCUT2D eigenvalue weighted by Crippen LogP contribution is -2.37. The minimum atomic E-state index is -0.621. The van der Waals surface area contributed by atoms with Crippen LogP contribution in [0.2, 0.25) is 5.02 Å². The van der Waals surface area contributed by atoms with Crippen molar-refractivity contribution in [1.82, 2.24) is 5.32 Å². The summed E-state index contributed by atoms with van der Waals surface area (Å²) in [5.41, 5.74) is -0.247. The Balaban J connectivity index is 1.92. The number of hydrogen-bond donors (Lipinski definition) is 3. The van der Waals surface area contributed by atoms with Gasteiger partial charge in [0.1, 0.15) is 11.5 Å². The van der Waals surface area contributed by atoms with Gasteiger partial charge in [0, 0.05) is 12.1 Å². The zero-order valence-electron chi connectivity index (χ0n) is 12.6. The molecule has 0 saturated heterocycles. The third-order valence-corrected chi connectivity index (χ3v) is 3.40. The lowest BCUT2D eigenvalue weighted by Gasteiger charge is -2.11. The van der Waals surface area contributed by atoms with E-state index in [1.54, 1.807) is 24.3 Å². The Morgan fingerprint density at radius 1 is 1.32 bits per heavy atom. The largest absolute Gasteiger partial charge is 0.506 e. The lowest BCUT2D eigenvalue weighted by molar-refractivity contribution is -0.384. The van der Waals surface area contributed by atoms with Crippen molar-refractivity contribution in [2.24, 2.45) is 0 Å². The number of aromatic hydroxyl groups is 1. The molecule has 0 saturated carbocycles. The van der Waals surface area contributed by atoms with Crippen molar-refractivity contribution in [2.45, 2.75) is 0 Å². The minimum Gasteiger partial charge on any atom is -0.506 e. The molecule has 0 aliphatic rings. The number of carbonyl (C=O) groups is 1. The molecule has 2 aromatic carbocycles. The van der Waals surface area contributed by atoms with Crippen LogP contribution >= 0.6 is 23.8 Å². The van der Waals surface area contributed by atoms with Crippen LogP contribution in [-0.2, 0) is 4.79 Å². The summed E-state index contributed by atoms with van der Waals surface area (Å²) in [4.78, 5) is 21.9. The monoisotopic (exact) mass is 381 g/mol. The number of anilines is 1. The molecule has 1 amide bonds. The van der Waals surface area contributed by atoms with Gasteiger partial charge in [0.15, 0.2) is 11.7 Å². The number of amides is 1. The number of halogens is 1. The van der Waals surface area contributed by atoms with E-state index in [-0.39, 0.29) is 28.8 Å². The standard InChI is InChI=1S/C15H12ClN3O5S/c16-10-3-1-2-4-13(10)24-8-14(21)18-15(25)17-11-7-9(19(22)23)5-6-12(11)20/h1-7,20H,8H2,(H2,17,18,21,25). The molecule has 0 radical (unpaired) electrons. The van der Waals surface area contributed by atoms with Gasteiger partial charge in [0.25, 0.3) is 11.6 Å². The molecule has 10 heteroatoms. The van der Waals surface area contributed by atoms with E-state index in [2.05, 4.69) is 10.6 Å². The first kappa shape index (κ1) is 18.4. The van der Waals surface area contributed by atoms with Gasteiger partial charge in [-0.05, 0) is 30.4 Å². The van der Waals surface area contributed by atoms with Gasteiger partial charge in [-0.1, -0.05) is 23.7 Å². The Labute approximate surface area is 152 Å². The van der Waals surface area contributed by atoms with Crippen molar-refractivity contribution >= 4 is 46.2 Å². The molecule has 0 aliphatic heterocycles. The van der Waals surface area contributed by atoms with E-state index in [4.69, 9.17) is 28.6 Å². The third kappa shape index (κ3) is 5.30. The molecule has 8 nitrogen and oxygen atoms in total. The van der Waals surface area contributed by atoms with Crippen molar-refractivity contribution in [3.8, 4) is 11.5 Å². The topological polar surface area (TPSA) is 114 Å². The zero-order chi connectivity index (χ0) is 18.4. The van der Waals surface area contributed by atoms with E-state index in [0.29, 0.717) is 10.8 Å². The van der Waals surface area contributed by atoms with Gasteiger partial charge in [-0.15, -0.1) is 0 Å². The molecule has 0 bridgehead atoms. The van der Waals surface area contributed by atoms with Crippen molar-refractivity contribution in [3.63, 3.8) is 0 Å². The number of rotatable bonds is 5. The van der Waals surface area contributed by atoms with Crippen LogP contribution in [0.3, 0.4) is 0 Å². The molecule has 0 aliphatic carbocycles. The second-order valence-electron chi connectivity index (χ2n) is 4.68. The normalized spacial score (nSPS) is 9.96. The number of non-ortho nitro benzene ring substituents is 1. The number of nitro groups is 1. The second kappa shape index (κ2) is 8.27. The van der Waals surface area contributed by atoms with E-state index < -0.39 is 10.8 Å². The predicted octanol–water partition coefficient (Wildman–Crippen LogP) is 2.85. The van der Waals surface area contributed by atoms with Crippen molar-refractivity contribution in [1.29, 1.82) is 0 Å². The summed E-state index contributed by atoms with van der Waals surface area (Å²) in [7, 11) is 0. The Kier molecular flexibility index (Phi) is 6.09. The van der Waals surface area contributed by atoms with Crippen LogP contribution < -0.4 is 15.4 Å². The van der Waals surface area contributed by atoms with Crippen LogP contribution in [0.1, 0.15) is 0 Å². The summed E-state index contributed by atoms with van der Waals surface area (Å²) in [6.07, 6.45) is 0. The number of thiocarbonyl (C=S) groups is 1. The highest BCUT2D eigenvalue weighted by Gasteiger charge is 2.13. The smallest absolute Gasteiger partial charge is 0.271 e. The summed E-state index contributed by atoms with van der Waals surface area (Å²) < 4.78 is 5.25. The fraction of sp³-hybridized carbons (Fsp3) is 0.0667. The average molecular weight is 382 g/mol. The molecule has 2 aromatic rings. The van der Waals surface area contributed by atoms with Crippen LogP contribution in [0.15, 0.2) is 42.5 Å². The molecular formula is C15H12ClN3O5S. The SMILES string of the molecule is O=C(COc1ccccc1Cl)NC(=S)Nc1cc([N+](=O)[O-])ccc1O. The number of para-hydroxylation sites is 1. The fourth-order valence-corrected chi connectivity index (χ4v) is 2.17. The summed E-state index contributed by atoms with van der Waals surface area (Å²) in [6, 6.07) is 10.0. The third-order valence-electron chi connectivity index (χ3n) is 2.89. The molecule has 0 atom stereocenters. The number of phenols is 1. The van der Waals surface area contributed by atoms with Gasteiger partial charge >= 0.3 is 0 Å². The predicted molar refractivity (Wildman–Crippen MR) is 96.1 cm³/mol. The van der Waals surface area contributed by atoms with Crippen LogP contribution in [0, 0.1) is 10.1 Å². The van der Waals surface area contributed by atoms with E-state index in [9.17, 15) is 20.0 Å². The van der Waals surface area contributed by atoms with Crippen LogP contribution in [-0.4, -0.2) is 27.7 Å². The van der Waals surface area contributed by atoms with Gasteiger partial charge in [-0.25, -0.2) is 0 Å². The quantitative estimate of drug-likeness (QED) is 0.316. The van der Waals surface area contributed by atoms with Crippen LogP contribution in [0.4, 0.5) is 11.4 Å². The summed E-state index contributed by atoms with van der Waals surface area (Å²) >= 11 is 10.8. The summed E-state index contributed by atoms with van der Waals surface area (Å²) in [5, 5.41) is 25.5. The molecule has 0 aromatic heterocycles. The number of nitrogens with zero attached hydrogens (tertiary/aromatic N) is 1. The molecule has 130 valence electrons. The molecule has 2 rings (SSSR count). The highest BCUT2D eigenvalue weighted by atomic mass is 35.5. The van der Waals surface area contributed by atoms with Crippen LogP contribution in [0.5, 0.6) is 11.5 Å². The average Bonchev–Trinajstić information content (AvgIpc) is 2.55. The maximum atomic E-state index is 11.8. The number of phenolic OH excluding ortho intramolecular Hbond substituents is 1. The highest BCUT2D eigenvalue weighted by molar-refractivity contribution is 7.80. The molecule has 0 spiro atoms. The number of hydrogen-bond acceptors (Lipinski definition) is 6. The van der Waals surface area contributed by atoms with Crippen molar-refractivity contribution < 1.29 is 19.6 Å². The number of benzene rings is 2. The molecule has 0 heterocycles. The lowest BCUT2D eigenvalue weighted by atomic mass is 10.2. The molecule has 3 N–H and O–H groups in total. The Morgan fingerprint density at radius 2 is 2.04 bits per heavy atom. The Morgan fingerprint density at radius 3 is 2.72 bits per heavy atom. The molecule has 0 unspecified atom stereocenters. The maximum Gasteiger partial charge on any atom is 0.271 e. The van der Waals surface area contributed by atoms with Crippen LogP contribution in [0.25, 0.3) is 0 Å². The minimum absolute atomic E-state index is 0.00785. The van der Waals surface area contributed by atoms with Gasteiger partial charge in [-0.3, -0.25) is 20.2 Å². The van der Waals surface area contributed by atoms with Crippen molar-refractivity contribution in [2.75, 3.05) is 11.9 Å².